The predicted molar refractivity (Wildman–Crippen MR) is 147 cm³/mol. The highest BCUT2D eigenvalue weighted by Crippen LogP contribution is 2.32. The second-order valence-electron chi connectivity index (χ2n) is 8.69. The third kappa shape index (κ3) is 5.60. The van der Waals surface area contributed by atoms with Gasteiger partial charge < -0.3 is 14.8 Å². The minimum atomic E-state index is -0.390. The summed E-state index contributed by atoms with van der Waals surface area (Å²) < 4.78 is 12.6. The first-order valence-electron chi connectivity index (χ1n) is 12.0. The Morgan fingerprint density at radius 2 is 1.72 bits per heavy atom. The Kier molecular flexibility index (Phi) is 7.01. The van der Waals surface area contributed by atoms with E-state index in [9.17, 15) is 4.79 Å². The summed E-state index contributed by atoms with van der Waals surface area (Å²) in [5.74, 6) is 3.72. The number of rotatable bonds is 7. The maximum absolute atomic E-state index is 11.7. The van der Waals surface area contributed by atoms with Crippen molar-refractivity contribution in [3.8, 4) is 40.9 Å². The molecule has 0 spiro atoms. The number of ether oxygens (including phenoxy) is 2. The Bertz CT molecular complexity index is 1660. The largest absolute Gasteiger partial charge is 0.465 e. The van der Waals surface area contributed by atoms with Crippen molar-refractivity contribution in [2.24, 2.45) is 0 Å². The molecular formula is C30H24N6O3. The number of esters is 1. The lowest BCUT2D eigenvalue weighted by Crippen LogP contribution is -2.02. The molecule has 0 atom stereocenters. The molecule has 0 bridgehead atoms. The minimum absolute atomic E-state index is 0.390. The van der Waals surface area contributed by atoms with Crippen LogP contribution in [0.5, 0.6) is 11.6 Å². The van der Waals surface area contributed by atoms with Gasteiger partial charge in [0.2, 0.25) is 11.8 Å². The van der Waals surface area contributed by atoms with Gasteiger partial charge in [-0.05, 0) is 85.6 Å². The molecule has 3 aromatic carbocycles. The van der Waals surface area contributed by atoms with Crippen molar-refractivity contribution in [3.05, 3.63) is 101 Å². The molecule has 0 saturated carbocycles. The summed E-state index contributed by atoms with van der Waals surface area (Å²) in [4.78, 5) is 20.5. The third-order valence-electron chi connectivity index (χ3n) is 5.95. The van der Waals surface area contributed by atoms with Crippen LogP contribution >= 0.6 is 0 Å². The standard InChI is InChI=1S/C30H24N6O3/c1-5-21-6-10-24(11-7-21)32-30-31-15-14-27(33-30)39-28-19(2)16-23(17-20(28)3)26-18-36(35-34-26)25-12-8-22(9-13-25)29(37)38-4/h1,6-18H,2-4H3,(H,31,32,33). The average molecular weight is 517 g/mol. The molecule has 0 saturated heterocycles. The van der Waals surface area contributed by atoms with Gasteiger partial charge in [0.05, 0.1) is 24.6 Å². The van der Waals surface area contributed by atoms with Crippen LogP contribution in [-0.2, 0) is 4.74 Å². The van der Waals surface area contributed by atoms with E-state index in [2.05, 4.69) is 31.5 Å². The Hall–Kier alpha value is -5.49. The van der Waals surface area contributed by atoms with Crippen molar-refractivity contribution < 1.29 is 14.3 Å². The summed E-state index contributed by atoms with van der Waals surface area (Å²) >= 11 is 0. The maximum atomic E-state index is 11.7. The minimum Gasteiger partial charge on any atom is -0.465 e. The zero-order chi connectivity index (χ0) is 27.4. The lowest BCUT2D eigenvalue weighted by atomic mass is 10.0. The van der Waals surface area contributed by atoms with Crippen LogP contribution in [0.3, 0.4) is 0 Å². The van der Waals surface area contributed by atoms with Crippen molar-refractivity contribution in [2.45, 2.75) is 13.8 Å². The fourth-order valence-electron chi connectivity index (χ4n) is 3.99. The van der Waals surface area contributed by atoms with Crippen LogP contribution in [0.15, 0.2) is 79.1 Å². The topological polar surface area (TPSA) is 104 Å². The van der Waals surface area contributed by atoms with E-state index in [-0.39, 0.29) is 5.97 Å². The number of benzene rings is 3. The maximum Gasteiger partial charge on any atom is 0.337 e. The molecule has 0 aliphatic rings. The molecule has 9 heteroatoms. The number of hydrogen-bond acceptors (Lipinski definition) is 8. The van der Waals surface area contributed by atoms with Crippen LogP contribution in [0.25, 0.3) is 16.9 Å². The van der Waals surface area contributed by atoms with Crippen LogP contribution in [0.4, 0.5) is 11.6 Å². The van der Waals surface area contributed by atoms with Crippen molar-refractivity contribution >= 4 is 17.6 Å². The molecule has 0 amide bonds. The number of carbonyl (C=O) groups excluding carboxylic acids is 1. The highest BCUT2D eigenvalue weighted by Gasteiger charge is 2.13. The van der Waals surface area contributed by atoms with Crippen molar-refractivity contribution in [1.29, 1.82) is 0 Å². The van der Waals surface area contributed by atoms with E-state index >= 15 is 0 Å². The van der Waals surface area contributed by atoms with Gasteiger partial charge in [0.15, 0.2) is 0 Å². The second kappa shape index (κ2) is 10.9. The Labute approximate surface area is 225 Å². The van der Waals surface area contributed by atoms with Gasteiger partial charge in [0.1, 0.15) is 11.4 Å². The number of nitrogens with one attached hydrogen (secondary N) is 1. The van der Waals surface area contributed by atoms with E-state index in [0.717, 1.165) is 33.6 Å². The lowest BCUT2D eigenvalue weighted by Gasteiger charge is -2.13. The van der Waals surface area contributed by atoms with Gasteiger partial charge >= 0.3 is 5.97 Å². The number of aryl methyl sites for hydroxylation is 2. The first-order chi connectivity index (χ1) is 18.9. The SMILES string of the molecule is C#Cc1ccc(Nc2nccc(Oc3c(C)cc(-c4cn(-c5ccc(C(=O)OC)cc5)nn4)cc3C)n2)cc1. The molecule has 0 fully saturated rings. The first-order valence-corrected chi connectivity index (χ1v) is 12.0. The lowest BCUT2D eigenvalue weighted by molar-refractivity contribution is 0.0600. The van der Waals surface area contributed by atoms with Gasteiger partial charge in [-0.3, -0.25) is 0 Å². The van der Waals surface area contributed by atoms with Gasteiger partial charge in [0, 0.05) is 29.1 Å². The fraction of sp³-hybridized carbons (Fsp3) is 0.100. The van der Waals surface area contributed by atoms with Crippen LogP contribution in [0, 0.1) is 26.2 Å². The summed E-state index contributed by atoms with van der Waals surface area (Å²) in [6, 6.07) is 20.1. The second-order valence-corrected chi connectivity index (χ2v) is 8.69. The molecule has 0 unspecified atom stereocenters. The summed E-state index contributed by atoms with van der Waals surface area (Å²) in [7, 11) is 1.35. The molecule has 5 rings (SSSR count). The Morgan fingerprint density at radius 1 is 1.00 bits per heavy atom. The highest BCUT2D eigenvalue weighted by atomic mass is 16.5. The quantitative estimate of drug-likeness (QED) is 0.219. The zero-order valence-corrected chi connectivity index (χ0v) is 21.5. The number of aromatic nitrogens is 5. The molecule has 9 nitrogen and oxygen atoms in total. The molecule has 0 aliphatic carbocycles. The Morgan fingerprint density at radius 3 is 2.38 bits per heavy atom. The smallest absolute Gasteiger partial charge is 0.337 e. The number of carbonyl (C=O) groups is 1. The number of anilines is 2. The molecule has 0 radical (unpaired) electrons. The molecule has 0 aliphatic heterocycles. The van der Waals surface area contributed by atoms with Crippen molar-refractivity contribution in [1.82, 2.24) is 25.0 Å². The number of terminal acetylenes is 1. The van der Waals surface area contributed by atoms with Gasteiger partial charge in [-0.15, -0.1) is 11.5 Å². The van der Waals surface area contributed by atoms with Crippen LogP contribution in [0.1, 0.15) is 27.0 Å². The van der Waals surface area contributed by atoms with E-state index in [1.165, 1.54) is 7.11 Å². The van der Waals surface area contributed by atoms with Crippen LogP contribution in [-0.4, -0.2) is 38.0 Å². The summed E-state index contributed by atoms with van der Waals surface area (Å²) in [6.45, 7) is 3.93. The van der Waals surface area contributed by atoms with Crippen molar-refractivity contribution in [3.63, 3.8) is 0 Å². The van der Waals surface area contributed by atoms with Gasteiger partial charge in [0.25, 0.3) is 0 Å². The number of methoxy groups -OCH3 is 1. The summed E-state index contributed by atoms with van der Waals surface area (Å²) in [5, 5.41) is 11.7. The Balaban J connectivity index is 1.33. The molecule has 1 N–H and O–H groups in total. The highest BCUT2D eigenvalue weighted by molar-refractivity contribution is 5.89. The molecule has 39 heavy (non-hydrogen) atoms. The van der Waals surface area contributed by atoms with E-state index in [1.807, 2.05) is 56.4 Å². The van der Waals surface area contributed by atoms with E-state index in [4.69, 9.17) is 15.9 Å². The third-order valence-corrected chi connectivity index (χ3v) is 5.95. The van der Waals surface area contributed by atoms with Gasteiger partial charge in [-0.1, -0.05) is 11.1 Å². The zero-order valence-electron chi connectivity index (χ0n) is 21.5. The van der Waals surface area contributed by atoms with E-state index in [0.29, 0.717) is 28.8 Å². The predicted octanol–water partition coefficient (Wildman–Crippen LogP) is 5.64. The van der Waals surface area contributed by atoms with Crippen molar-refractivity contribution in [2.75, 3.05) is 12.4 Å². The molecule has 2 heterocycles. The van der Waals surface area contributed by atoms with Crippen LogP contribution in [0.2, 0.25) is 0 Å². The van der Waals surface area contributed by atoms with E-state index in [1.54, 1.807) is 41.2 Å². The normalized spacial score (nSPS) is 10.5. The van der Waals surface area contributed by atoms with Gasteiger partial charge in [-0.25, -0.2) is 14.5 Å². The number of hydrogen-bond donors (Lipinski definition) is 1. The monoisotopic (exact) mass is 516 g/mol. The molecule has 192 valence electrons. The molecular weight excluding hydrogens is 492 g/mol. The van der Waals surface area contributed by atoms with E-state index < -0.39 is 0 Å². The molecule has 2 aromatic heterocycles. The summed E-state index contributed by atoms with van der Waals surface area (Å²) in [6.07, 6.45) is 8.89. The molecule has 5 aromatic rings. The first kappa shape index (κ1) is 25.2. The fourth-order valence-corrected chi connectivity index (χ4v) is 3.99. The van der Waals surface area contributed by atoms with Crippen LogP contribution < -0.4 is 10.1 Å². The summed E-state index contributed by atoms with van der Waals surface area (Å²) in [5.41, 5.74) is 6.29. The average Bonchev–Trinajstić information content (AvgIpc) is 3.46. The van der Waals surface area contributed by atoms with Gasteiger partial charge in [-0.2, -0.15) is 4.98 Å². The number of nitrogens with zero attached hydrogens (tertiary/aromatic N) is 5.